The number of nitrogens with zero attached hydrogens (tertiary/aromatic N) is 1. The molecule has 0 amide bonds. The van der Waals surface area contributed by atoms with Gasteiger partial charge < -0.3 is 10.2 Å². The van der Waals surface area contributed by atoms with E-state index in [2.05, 4.69) is 25.6 Å². The standard InChI is InChI=1S/C11H12BrN3O3S/c1-7-6-14-3-2-9(7)15-19(16,17)10-4-8(5-13)18-11(10)12/h2-4,6H,5,13H2,1H3,(H,14,15). The summed E-state index contributed by atoms with van der Waals surface area (Å²) in [4.78, 5) is 3.92. The highest BCUT2D eigenvalue weighted by Crippen LogP contribution is 2.28. The number of aryl methyl sites for hydroxylation is 1. The molecule has 0 aliphatic heterocycles. The zero-order valence-electron chi connectivity index (χ0n) is 10.1. The first-order valence-electron chi connectivity index (χ1n) is 5.36. The van der Waals surface area contributed by atoms with E-state index >= 15 is 0 Å². The fourth-order valence-electron chi connectivity index (χ4n) is 1.47. The minimum Gasteiger partial charge on any atom is -0.452 e. The number of rotatable bonds is 4. The van der Waals surface area contributed by atoms with Gasteiger partial charge in [0.2, 0.25) is 0 Å². The summed E-state index contributed by atoms with van der Waals surface area (Å²) in [7, 11) is -3.73. The van der Waals surface area contributed by atoms with Crippen LogP contribution in [0, 0.1) is 6.92 Å². The minimum atomic E-state index is -3.73. The lowest BCUT2D eigenvalue weighted by atomic mass is 10.3. The summed E-state index contributed by atoms with van der Waals surface area (Å²) in [5, 5.41) is 0. The van der Waals surface area contributed by atoms with E-state index < -0.39 is 10.0 Å². The number of sulfonamides is 1. The molecular weight excluding hydrogens is 334 g/mol. The lowest BCUT2D eigenvalue weighted by Crippen LogP contribution is -2.13. The van der Waals surface area contributed by atoms with Crippen LogP contribution < -0.4 is 10.5 Å². The van der Waals surface area contributed by atoms with E-state index in [4.69, 9.17) is 10.2 Å². The maximum absolute atomic E-state index is 12.2. The molecule has 8 heteroatoms. The third kappa shape index (κ3) is 2.96. The first-order chi connectivity index (χ1) is 8.94. The Morgan fingerprint density at radius 1 is 1.53 bits per heavy atom. The zero-order valence-corrected chi connectivity index (χ0v) is 12.5. The SMILES string of the molecule is Cc1cnccc1NS(=O)(=O)c1cc(CN)oc1Br. The van der Waals surface area contributed by atoms with Gasteiger partial charge in [-0.15, -0.1) is 0 Å². The molecule has 2 heterocycles. The van der Waals surface area contributed by atoms with Crippen molar-refractivity contribution < 1.29 is 12.8 Å². The molecule has 0 unspecified atom stereocenters. The predicted molar refractivity (Wildman–Crippen MR) is 74.1 cm³/mol. The van der Waals surface area contributed by atoms with Crippen molar-refractivity contribution in [2.24, 2.45) is 5.73 Å². The second-order valence-corrected chi connectivity index (χ2v) is 6.22. The number of nitrogens with two attached hydrogens (primary N) is 1. The summed E-state index contributed by atoms with van der Waals surface area (Å²) in [5.41, 5.74) is 6.61. The van der Waals surface area contributed by atoms with Gasteiger partial charge in [0.1, 0.15) is 10.7 Å². The molecule has 2 aromatic heterocycles. The molecule has 0 radical (unpaired) electrons. The Morgan fingerprint density at radius 2 is 2.26 bits per heavy atom. The molecule has 102 valence electrons. The predicted octanol–water partition coefficient (Wildman–Crippen LogP) is 2.01. The van der Waals surface area contributed by atoms with Crippen LogP contribution in [0.1, 0.15) is 11.3 Å². The second kappa shape index (κ2) is 5.32. The monoisotopic (exact) mass is 345 g/mol. The van der Waals surface area contributed by atoms with Crippen LogP contribution in [-0.2, 0) is 16.6 Å². The molecule has 0 fully saturated rings. The van der Waals surface area contributed by atoms with Crippen LogP contribution in [0.2, 0.25) is 0 Å². The van der Waals surface area contributed by atoms with Gasteiger partial charge >= 0.3 is 0 Å². The molecular formula is C11H12BrN3O3S. The van der Waals surface area contributed by atoms with Crippen LogP contribution in [0.5, 0.6) is 0 Å². The number of halogens is 1. The highest BCUT2D eigenvalue weighted by Gasteiger charge is 2.22. The highest BCUT2D eigenvalue weighted by molar-refractivity contribution is 9.10. The van der Waals surface area contributed by atoms with Gasteiger partial charge in [-0.05, 0) is 34.5 Å². The quantitative estimate of drug-likeness (QED) is 0.882. The van der Waals surface area contributed by atoms with Crippen LogP contribution in [0.25, 0.3) is 0 Å². The topological polar surface area (TPSA) is 98.2 Å². The Hall–Kier alpha value is -1.38. The number of aromatic nitrogens is 1. The lowest BCUT2D eigenvalue weighted by Gasteiger charge is -2.08. The van der Waals surface area contributed by atoms with Crippen molar-refractivity contribution in [3.63, 3.8) is 0 Å². The van der Waals surface area contributed by atoms with E-state index in [-0.39, 0.29) is 16.1 Å². The van der Waals surface area contributed by atoms with E-state index in [9.17, 15) is 8.42 Å². The van der Waals surface area contributed by atoms with Gasteiger partial charge in [0.25, 0.3) is 10.0 Å². The molecule has 6 nitrogen and oxygen atoms in total. The minimum absolute atomic E-state index is 0.0177. The van der Waals surface area contributed by atoms with Gasteiger partial charge in [-0.1, -0.05) is 0 Å². The Kier molecular flexibility index (Phi) is 3.93. The van der Waals surface area contributed by atoms with E-state index in [1.54, 1.807) is 19.2 Å². The third-order valence-corrected chi connectivity index (χ3v) is 4.68. The number of nitrogens with one attached hydrogen (secondary N) is 1. The van der Waals surface area contributed by atoms with E-state index in [1.807, 2.05) is 0 Å². The summed E-state index contributed by atoms with van der Waals surface area (Å²) in [5.74, 6) is 0.388. The van der Waals surface area contributed by atoms with Crippen LogP contribution in [0.3, 0.4) is 0 Å². The maximum atomic E-state index is 12.2. The van der Waals surface area contributed by atoms with Gasteiger partial charge in [0.15, 0.2) is 4.67 Å². The van der Waals surface area contributed by atoms with E-state index in [1.165, 1.54) is 12.3 Å². The van der Waals surface area contributed by atoms with Crippen molar-refractivity contribution in [1.82, 2.24) is 4.98 Å². The smallest absolute Gasteiger partial charge is 0.266 e. The van der Waals surface area contributed by atoms with E-state index in [0.29, 0.717) is 11.4 Å². The summed E-state index contributed by atoms with van der Waals surface area (Å²) in [6.07, 6.45) is 3.09. The molecule has 0 aliphatic carbocycles. The Morgan fingerprint density at radius 3 is 2.84 bits per heavy atom. The average Bonchev–Trinajstić information content (AvgIpc) is 2.74. The number of hydrogen-bond donors (Lipinski definition) is 2. The van der Waals surface area contributed by atoms with Crippen molar-refractivity contribution in [1.29, 1.82) is 0 Å². The fraction of sp³-hybridized carbons (Fsp3) is 0.182. The van der Waals surface area contributed by atoms with E-state index in [0.717, 1.165) is 5.56 Å². The zero-order chi connectivity index (χ0) is 14.0. The number of pyridine rings is 1. The molecule has 0 saturated heterocycles. The number of anilines is 1. The molecule has 19 heavy (non-hydrogen) atoms. The van der Waals surface area contributed by atoms with Crippen molar-refractivity contribution in [3.05, 3.63) is 40.5 Å². The fourth-order valence-corrected chi connectivity index (χ4v) is 3.60. The van der Waals surface area contributed by atoms with Gasteiger partial charge in [-0.2, -0.15) is 0 Å². The summed E-state index contributed by atoms with van der Waals surface area (Å²) in [6, 6.07) is 2.98. The van der Waals surface area contributed by atoms with Crippen LogP contribution in [0.15, 0.2) is 38.5 Å². The van der Waals surface area contributed by atoms with Crippen molar-refractivity contribution in [3.8, 4) is 0 Å². The van der Waals surface area contributed by atoms with Crippen molar-refractivity contribution >= 4 is 31.6 Å². The molecule has 2 aromatic rings. The van der Waals surface area contributed by atoms with Gasteiger partial charge in [-0.3, -0.25) is 9.71 Å². The van der Waals surface area contributed by atoms with Crippen LogP contribution in [-0.4, -0.2) is 13.4 Å². The molecule has 0 spiro atoms. The Bertz CT molecular complexity index is 697. The normalized spacial score (nSPS) is 11.5. The highest BCUT2D eigenvalue weighted by atomic mass is 79.9. The maximum Gasteiger partial charge on any atom is 0.266 e. The molecule has 3 N–H and O–H groups in total. The molecule has 0 aliphatic rings. The van der Waals surface area contributed by atoms with Crippen molar-refractivity contribution in [2.75, 3.05) is 4.72 Å². The summed E-state index contributed by atoms with van der Waals surface area (Å²) in [6.45, 7) is 1.89. The number of furan rings is 1. The summed E-state index contributed by atoms with van der Waals surface area (Å²) < 4.78 is 32.3. The Labute approximate surface area is 119 Å². The number of hydrogen-bond acceptors (Lipinski definition) is 5. The first-order valence-corrected chi connectivity index (χ1v) is 7.63. The van der Waals surface area contributed by atoms with Gasteiger partial charge in [0.05, 0.1) is 12.2 Å². The van der Waals surface area contributed by atoms with Crippen LogP contribution >= 0.6 is 15.9 Å². The van der Waals surface area contributed by atoms with Crippen molar-refractivity contribution in [2.45, 2.75) is 18.4 Å². The first kappa shape index (κ1) is 14.0. The second-order valence-electron chi connectivity index (χ2n) is 3.85. The lowest BCUT2D eigenvalue weighted by molar-refractivity contribution is 0.484. The molecule has 2 rings (SSSR count). The molecule has 0 aromatic carbocycles. The van der Waals surface area contributed by atoms with Gasteiger partial charge in [0, 0.05) is 18.5 Å². The van der Waals surface area contributed by atoms with Gasteiger partial charge in [-0.25, -0.2) is 8.42 Å². The molecule has 0 saturated carbocycles. The molecule has 0 bridgehead atoms. The average molecular weight is 346 g/mol. The van der Waals surface area contributed by atoms with Crippen LogP contribution in [0.4, 0.5) is 5.69 Å². The third-order valence-electron chi connectivity index (χ3n) is 2.46. The molecule has 0 atom stereocenters. The summed E-state index contributed by atoms with van der Waals surface area (Å²) >= 11 is 3.07. The Balaban J connectivity index is 2.38. The largest absolute Gasteiger partial charge is 0.452 e.